The zero-order valence-corrected chi connectivity index (χ0v) is 11.4. The minimum Gasteiger partial charge on any atom is -0.320 e. The maximum Gasteiger partial charge on any atom is 0.265 e. The van der Waals surface area contributed by atoms with Gasteiger partial charge in [-0.3, -0.25) is 4.79 Å². The van der Waals surface area contributed by atoms with E-state index in [4.69, 9.17) is 16.9 Å². The van der Waals surface area contributed by atoms with Crippen LogP contribution in [0.25, 0.3) is 0 Å². The lowest BCUT2D eigenvalue weighted by Crippen LogP contribution is -2.10. The van der Waals surface area contributed by atoms with Gasteiger partial charge in [0.15, 0.2) is 0 Å². The Balaban J connectivity index is 2.24. The van der Waals surface area contributed by atoms with E-state index in [2.05, 4.69) is 17.9 Å². The third-order valence-electron chi connectivity index (χ3n) is 2.15. The quantitative estimate of drug-likeness (QED) is 0.828. The van der Waals surface area contributed by atoms with Crippen LogP contribution in [0.1, 0.15) is 15.2 Å². The molecule has 0 radical (unpaired) electrons. The normalized spacial score (nSPS) is 9.83. The highest BCUT2D eigenvalue weighted by Gasteiger charge is 2.11. The van der Waals surface area contributed by atoms with Gasteiger partial charge in [-0.05, 0) is 24.3 Å². The fourth-order valence-corrected chi connectivity index (χ4v) is 2.53. The zero-order valence-electron chi connectivity index (χ0n) is 8.98. The Morgan fingerprint density at radius 2 is 2.22 bits per heavy atom. The van der Waals surface area contributed by atoms with Crippen molar-refractivity contribution in [2.24, 2.45) is 0 Å². The van der Waals surface area contributed by atoms with Gasteiger partial charge in [0.05, 0.1) is 27.2 Å². The van der Waals surface area contributed by atoms with Gasteiger partial charge in [-0.25, -0.2) is 0 Å². The van der Waals surface area contributed by atoms with Crippen molar-refractivity contribution in [3.05, 3.63) is 45.1 Å². The van der Waals surface area contributed by atoms with Crippen molar-refractivity contribution in [1.29, 1.82) is 5.26 Å². The first-order valence-electron chi connectivity index (χ1n) is 4.88. The maximum absolute atomic E-state index is 11.9. The van der Waals surface area contributed by atoms with E-state index in [-0.39, 0.29) is 5.91 Å². The van der Waals surface area contributed by atoms with Crippen molar-refractivity contribution >= 4 is 47.2 Å². The first-order chi connectivity index (χ1) is 8.60. The minimum absolute atomic E-state index is 0.266. The van der Waals surface area contributed by atoms with Gasteiger partial charge < -0.3 is 5.32 Å². The number of amides is 1. The molecule has 1 N–H and O–H groups in total. The number of benzene rings is 1. The highest BCUT2D eigenvalue weighted by molar-refractivity contribution is 7.80. The number of hydrogen-bond acceptors (Lipinski definition) is 4. The van der Waals surface area contributed by atoms with Crippen LogP contribution in [0.2, 0.25) is 5.02 Å². The fraction of sp³-hybridized carbons (Fsp3) is 0. The summed E-state index contributed by atoms with van der Waals surface area (Å²) in [4.78, 5) is 13.2. The Kier molecular flexibility index (Phi) is 3.92. The second-order valence-corrected chi connectivity index (χ2v) is 5.26. The van der Waals surface area contributed by atoms with Gasteiger partial charge in [0.1, 0.15) is 0 Å². The molecular weight excluding hydrogens is 288 g/mol. The standard InChI is InChI=1S/C12H7ClN2OS2/c13-9-2-1-7(5-14)3-10(9)15-12(16)11-4-8(17)6-18-11/h1-4,6,17H,(H,15,16). The number of nitriles is 1. The zero-order chi connectivity index (χ0) is 13.1. The van der Waals surface area contributed by atoms with E-state index in [0.29, 0.717) is 21.2 Å². The number of carbonyl (C=O) groups excluding carboxylic acids is 1. The smallest absolute Gasteiger partial charge is 0.265 e. The number of nitrogens with one attached hydrogen (secondary N) is 1. The summed E-state index contributed by atoms with van der Waals surface area (Å²) in [6, 6.07) is 8.37. The van der Waals surface area contributed by atoms with Gasteiger partial charge in [0, 0.05) is 10.3 Å². The van der Waals surface area contributed by atoms with Crippen molar-refractivity contribution in [2.45, 2.75) is 4.90 Å². The fourth-order valence-electron chi connectivity index (χ4n) is 1.32. The molecule has 2 rings (SSSR count). The summed E-state index contributed by atoms with van der Waals surface area (Å²) >= 11 is 11.4. The lowest BCUT2D eigenvalue weighted by Gasteiger charge is -2.06. The highest BCUT2D eigenvalue weighted by Crippen LogP contribution is 2.25. The van der Waals surface area contributed by atoms with Crippen molar-refractivity contribution in [3.63, 3.8) is 0 Å². The highest BCUT2D eigenvalue weighted by atomic mass is 35.5. The molecule has 90 valence electrons. The van der Waals surface area contributed by atoms with E-state index in [1.807, 2.05) is 6.07 Å². The summed E-state index contributed by atoms with van der Waals surface area (Å²) in [7, 11) is 0. The molecule has 1 aromatic heterocycles. The maximum atomic E-state index is 11.9. The van der Waals surface area contributed by atoms with E-state index in [0.717, 1.165) is 4.90 Å². The number of nitrogens with zero attached hydrogens (tertiary/aromatic N) is 1. The SMILES string of the molecule is N#Cc1ccc(Cl)c(NC(=O)c2cc(S)cs2)c1. The van der Waals surface area contributed by atoms with Crippen molar-refractivity contribution in [2.75, 3.05) is 5.32 Å². The molecular formula is C12H7ClN2OS2. The molecule has 0 saturated carbocycles. The Morgan fingerprint density at radius 1 is 1.44 bits per heavy atom. The van der Waals surface area contributed by atoms with Gasteiger partial charge >= 0.3 is 0 Å². The third kappa shape index (κ3) is 2.85. The van der Waals surface area contributed by atoms with Gasteiger partial charge in [0.2, 0.25) is 0 Å². The summed E-state index contributed by atoms with van der Waals surface area (Å²) in [6.07, 6.45) is 0. The average Bonchev–Trinajstić information content (AvgIpc) is 2.79. The molecule has 0 aliphatic carbocycles. The van der Waals surface area contributed by atoms with E-state index in [9.17, 15) is 4.79 Å². The second kappa shape index (κ2) is 5.44. The van der Waals surface area contributed by atoms with Crippen LogP contribution in [0, 0.1) is 11.3 Å². The minimum atomic E-state index is -0.266. The van der Waals surface area contributed by atoms with Crippen LogP contribution in [0.3, 0.4) is 0 Å². The van der Waals surface area contributed by atoms with Gasteiger partial charge in [-0.15, -0.1) is 24.0 Å². The molecule has 0 aliphatic heterocycles. The van der Waals surface area contributed by atoms with Crippen LogP contribution in [0.4, 0.5) is 5.69 Å². The van der Waals surface area contributed by atoms with Crippen LogP contribution < -0.4 is 5.32 Å². The number of anilines is 1. The van der Waals surface area contributed by atoms with E-state index in [1.165, 1.54) is 17.4 Å². The molecule has 0 bridgehead atoms. The first kappa shape index (κ1) is 13.0. The Hall–Kier alpha value is -1.48. The summed E-state index contributed by atoms with van der Waals surface area (Å²) in [5.41, 5.74) is 0.866. The molecule has 6 heteroatoms. The second-order valence-electron chi connectivity index (χ2n) is 3.43. The summed E-state index contributed by atoms with van der Waals surface area (Å²) in [5.74, 6) is -0.266. The summed E-state index contributed by atoms with van der Waals surface area (Å²) in [5, 5.41) is 13.6. The molecule has 0 spiro atoms. The predicted molar refractivity (Wildman–Crippen MR) is 75.7 cm³/mol. The Morgan fingerprint density at radius 3 is 2.83 bits per heavy atom. The molecule has 3 nitrogen and oxygen atoms in total. The number of halogens is 1. The van der Waals surface area contributed by atoms with Crippen LogP contribution >= 0.6 is 35.6 Å². The summed E-state index contributed by atoms with van der Waals surface area (Å²) < 4.78 is 0. The van der Waals surface area contributed by atoms with Crippen LogP contribution in [-0.2, 0) is 0 Å². The third-order valence-corrected chi connectivity index (χ3v) is 3.84. The van der Waals surface area contributed by atoms with Crippen LogP contribution in [0.15, 0.2) is 34.5 Å². The van der Waals surface area contributed by atoms with Gasteiger partial charge in [-0.2, -0.15) is 5.26 Å². The van der Waals surface area contributed by atoms with E-state index >= 15 is 0 Å². The van der Waals surface area contributed by atoms with Gasteiger partial charge in [0.25, 0.3) is 5.91 Å². The molecule has 0 saturated heterocycles. The number of hydrogen-bond donors (Lipinski definition) is 2. The van der Waals surface area contributed by atoms with E-state index < -0.39 is 0 Å². The van der Waals surface area contributed by atoms with Crippen LogP contribution in [-0.4, -0.2) is 5.91 Å². The summed E-state index contributed by atoms with van der Waals surface area (Å²) in [6.45, 7) is 0. The molecule has 0 atom stereocenters. The van der Waals surface area contributed by atoms with Crippen molar-refractivity contribution in [3.8, 4) is 6.07 Å². The Labute approximate surface area is 118 Å². The molecule has 1 aromatic carbocycles. The molecule has 0 unspecified atom stereocenters. The Bertz CT molecular complexity index is 646. The molecule has 18 heavy (non-hydrogen) atoms. The largest absolute Gasteiger partial charge is 0.320 e. The molecule has 0 aliphatic rings. The van der Waals surface area contributed by atoms with Crippen molar-refractivity contribution in [1.82, 2.24) is 0 Å². The number of thiol groups is 1. The number of thiophene rings is 1. The average molecular weight is 295 g/mol. The van der Waals surface area contributed by atoms with E-state index in [1.54, 1.807) is 23.6 Å². The number of rotatable bonds is 2. The molecule has 1 amide bonds. The molecule has 1 heterocycles. The topological polar surface area (TPSA) is 52.9 Å². The molecule has 0 fully saturated rings. The molecule has 2 aromatic rings. The lowest BCUT2D eigenvalue weighted by molar-refractivity contribution is 0.103. The monoisotopic (exact) mass is 294 g/mol. The van der Waals surface area contributed by atoms with Crippen LogP contribution in [0.5, 0.6) is 0 Å². The first-order valence-corrected chi connectivity index (χ1v) is 6.59. The lowest BCUT2D eigenvalue weighted by atomic mass is 10.2. The van der Waals surface area contributed by atoms with Crippen molar-refractivity contribution < 1.29 is 4.79 Å². The van der Waals surface area contributed by atoms with Gasteiger partial charge in [-0.1, -0.05) is 11.6 Å². The number of carbonyl (C=O) groups is 1. The predicted octanol–water partition coefficient (Wildman–Crippen LogP) is 3.81.